The van der Waals surface area contributed by atoms with Gasteiger partial charge in [-0.2, -0.15) is 0 Å². The molecule has 5 heteroatoms. The number of nitrogens with zero attached hydrogens (tertiary/aromatic N) is 3. The van der Waals surface area contributed by atoms with Gasteiger partial charge in [-0.1, -0.05) is 60.6 Å². The lowest BCUT2D eigenvalue weighted by molar-refractivity contribution is -0.193. The van der Waals surface area contributed by atoms with E-state index in [-0.39, 0.29) is 33.2 Å². The monoisotopic (exact) mass is 479 g/mol. The van der Waals surface area contributed by atoms with E-state index in [2.05, 4.69) is 127 Å². The number of hydrogen-bond donors (Lipinski definition) is 0. The summed E-state index contributed by atoms with van der Waals surface area (Å²) in [4.78, 5) is 0. The average molecular weight is 480 g/mol. The number of aromatic nitrogens is 3. The molecule has 1 aromatic rings. The first kappa shape index (κ1) is 31.1. The molecule has 0 aromatic carbocycles. The van der Waals surface area contributed by atoms with Crippen LogP contribution in [0.15, 0.2) is 6.20 Å². The van der Waals surface area contributed by atoms with E-state index >= 15 is 0 Å². The van der Waals surface area contributed by atoms with Crippen molar-refractivity contribution >= 4 is 0 Å². The number of rotatable bonds is 13. The van der Waals surface area contributed by atoms with E-state index in [1.165, 1.54) is 0 Å². The fraction of sp³-hybridized carbons (Fsp3) is 0.931. The van der Waals surface area contributed by atoms with Crippen LogP contribution in [0, 0.1) is 22.7 Å². The van der Waals surface area contributed by atoms with Crippen molar-refractivity contribution in [1.82, 2.24) is 15.0 Å². The first-order valence-electron chi connectivity index (χ1n) is 13.2. The lowest BCUT2D eigenvalue weighted by Gasteiger charge is -2.48. The van der Waals surface area contributed by atoms with Crippen LogP contribution in [0.2, 0.25) is 0 Å². The summed E-state index contributed by atoms with van der Waals surface area (Å²) in [6.45, 7) is 36.5. The van der Waals surface area contributed by atoms with E-state index in [1.54, 1.807) is 0 Å². The summed E-state index contributed by atoms with van der Waals surface area (Å²) in [6, 6.07) is 0. The van der Waals surface area contributed by atoms with Crippen LogP contribution in [0.3, 0.4) is 0 Å². The summed E-state index contributed by atoms with van der Waals surface area (Å²) in [5.41, 5.74) is 0.113. The van der Waals surface area contributed by atoms with Crippen molar-refractivity contribution in [2.75, 3.05) is 6.61 Å². The highest BCUT2D eigenvalue weighted by molar-refractivity contribution is 5.02. The van der Waals surface area contributed by atoms with Crippen molar-refractivity contribution in [2.24, 2.45) is 22.7 Å². The zero-order chi connectivity index (χ0) is 27.0. The molecule has 1 heterocycles. The quantitative estimate of drug-likeness (QED) is 0.291. The van der Waals surface area contributed by atoms with Gasteiger partial charge in [0, 0.05) is 12.6 Å². The van der Waals surface area contributed by atoms with Gasteiger partial charge in [-0.3, -0.25) is 0 Å². The van der Waals surface area contributed by atoms with Gasteiger partial charge in [-0.05, 0) is 84.5 Å². The highest BCUT2D eigenvalue weighted by Crippen LogP contribution is 2.44. The van der Waals surface area contributed by atoms with Crippen LogP contribution in [0.25, 0.3) is 0 Å². The van der Waals surface area contributed by atoms with Crippen LogP contribution in [0.4, 0.5) is 0 Å². The minimum Gasteiger partial charge on any atom is -0.375 e. The number of ether oxygens (including phenoxy) is 2. The Morgan fingerprint density at radius 3 is 1.74 bits per heavy atom. The summed E-state index contributed by atoms with van der Waals surface area (Å²) >= 11 is 0. The van der Waals surface area contributed by atoms with E-state index in [9.17, 15) is 0 Å². The van der Waals surface area contributed by atoms with Crippen LogP contribution in [0.1, 0.15) is 123 Å². The predicted octanol–water partition coefficient (Wildman–Crippen LogP) is 7.68. The molecule has 0 aliphatic carbocycles. The van der Waals surface area contributed by atoms with Gasteiger partial charge >= 0.3 is 0 Å². The Bertz CT molecular complexity index is 783. The van der Waals surface area contributed by atoms with Crippen molar-refractivity contribution in [3.05, 3.63) is 11.9 Å². The average Bonchev–Trinajstić information content (AvgIpc) is 3.07. The standard InChI is InChI=1S/C29H57N3O2/c1-21(2)26(9,10)28(13,14)32-20-23(30-31-32)19-25(7,8)33-18-17-24(5,6)34-29(15,16)27(11,12)22(3)4/h20-22H,17-19H2,1-16H3. The van der Waals surface area contributed by atoms with Crippen molar-refractivity contribution in [1.29, 1.82) is 0 Å². The molecule has 0 spiro atoms. The first-order chi connectivity index (χ1) is 15.0. The normalized spacial score (nSPS) is 15.0. The van der Waals surface area contributed by atoms with Crippen LogP contribution in [0.5, 0.6) is 0 Å². The molecule has 200 valence electrons. The molecule has 0 unspecified atom stereocenters. The topological polar surface area (TPSA) is 49.2 Å². The number of hydrogen-bond acceptors (Lipinski definition) is 4. The van der Waals surface area contributed by atoms with Crippen LogP contribution in [-0.2, 0) is 21.4 Å². The predicted molar refractivity (Wildman–Crippen MR) is 144 cm³/mol. The second-order valence-electron chi connectivity index (χ2n) is 14.4. The van der Waals surface area contributed by atoms with E-state index in [4.69, 9.17) is 9.47 Å². The SMILES string of the molecule is CC(C)C(C)(C)C(C)(C)OC(C)(C)CCOC(C)(C)Cc1cn(C(C)(C)C(C)(C)C(C)C)nn1. The Labute approximate surface area is 211 Å². The molecule has 0 saturated carbocycles. The van der Waals surface area contributed by atoms with Crippen LogP contribution < -0.4 is 0 Å². The lowest BCUT2D eigenvalue weighted by Crippen LogP contribution is -2.50. The summed E-state index contributed by atoms with van der Waals surface area (Å²) in [5.74, 6) is 1.05. The highest BCUT2D eigenvalue weighted by atomic mass is 16.5. The second-order valence-corrected chi connectivity index (χ2v) is 14.4. The van der Waals surface area contributed by atoms with Crippen molar-refractivity contribution in [2.45, 2.75) is 146 Å². The van der Waals surface area contributed by atoms with Gasteiger partial charge in [-0.15, -0.1) is 5.10 Å². The molecule has 1 aromatic heterocycles. The maximum atomic E-state index is 6.67. The molecule has 0 bridgehead atoms. The molecule has 0 atom stereocenters. The Morgan fingerprint density at radius 2 is 1.26 bits per heavy atom. The van der Waals surface area contributed by atoms with Crippen molar-refractivity contribution in [3.63, 3.8) is 0 Å². The van der Waals surface area contributed by atoms with Gasteiger partial charge in [-0.25, -0.2) is 4.68 Å². The van der Waals surface area contributed by atoms with Crippen LogP contribution >= 0.6 is 0 Å². The largest absolute Gasteiger partial charge is 0.375 e. The molecule has 0 saturated heterocycles. The highest BCUT2D eigenvalue weighted by Gasteiger charge is 2.44. The van der Waals surface area contributed by atoms with Gasteiger partial charge in [0.05, 0.1) is 34.6 Å². The third kappa shape index (κ3) is 7.06. The first-order valence-corrected chi connectivity index (χ1v) is 13.2. The maximum Gasteiger partial charge on any atom is 0.0855 e. The fourth-order valence-corrected chi connectivity index (χ4v) is 4.28. The van der Waals surface area contributed by atoms with Gasteiger partial charge in [0.25, 0.3) is 0 Å². The van der Waals surface area contributed by atoms with Gasteiger partial charge in [0.1, 0.15) is 0 Å². The lowest BCUT2D eigenvalue weighted by atomic mass is 9.67. The molecule has 0 aliphatic heterocycles. The van der Waals surface area contributed by atoms with Gasteiger partial charge < -0.3 is 9.47 Å². The summed E-state index contributed by atoms with van der Waals surface area (Å²) in [7, 11) is 0. The second kappa shape index (κ2) is 10.2. The van der Waals surface area contributed by atoms with E-state index in [0.29, 0.717) is 18.4 Å². The Balaban J connectivity index is 2.78. The van der Waals surface area contributed by atoms with E-state index < -0.39 is 0 Å². The minimum atomic E-state index is -0.332. The maximum absolute atomic E-state index is 6.67. The van der Waals surface area contributed by atoms with Crippen molar-refractivity contribution < 1.29 is 9.47 Å². The van der Waals surface area contributed by atoms with Gasteiger partial charge in [0.15, 0.2) is 0 Å². The molecule has 0 radical (unpaired) electrons. The molecule has 0 aliphatic rings. The smallest absolute Gasteiger partial charge is 0.0855 e. The summed E-state index contributed by atoms with van der Waals surface area (Å²) < 4.78 is 15.1. The molecular weight excluding hydrogens is 422 g/mol. The van der Waals surface area contributed by atoms with E-state index in [1.807, 2.05) is 4.68 Å². The fourth-order valence-electron chi connectivity index (χ4n) is 4.28. The molecule has 1 rings (SSSR count). The molecule has 5 nitrogen and oxygen atoms in total. The molecule has 34 heavy (non-hydrogen) atoms. The van der Waals surface area contributed by atoms with Crippen LogP contribution in [-0.4, -0.2) is 38.4 Å². The van der Waals surface area contributed by atoms with Gasteiger partial charge in [0.2, 0.25) is 0 Å². The molecule has 0 fully saturated rings. The third-order valence-corrected chi connectivity index (χ3v) is 9.46. The third-order valence-electron chi connectivity index (χ3n) is 9.46. The van der Waals surface area contributed by atoms with E-state index in [0.717, 1.165) is 18.5 Å². The van der Waals surface area contributed by atoms with Crippen molar-refractivity contribution in [3.8, 4) is 0 Å². The molecule has 0 amide bonds. The Hall–Kier alpha value is -0.940. The zero-order valence-electron chi connectivity index (χ0n) is 25.5. The molecule has 0 N–H and O–H groups in total. The Kier molecular flexibility index (Phi) is 9.33. The Morgan fingerprint density at radius 1 is 0.765 bits per heavy atom. The minimum absolute atomic E-state index is 0.0636. The summed E-state index contributed by atoms with van der Waals surface area (Å²) in [5, 5.41) is 9.01. The molecular formula is C29H57N3O2. The zero-order valence-corrected chi connectivity index (χ0v) is 25.5. The summed E-state index contributed by atoms with van der Waals surface area (Å²) in [6.07, 6.45) is 3.65.